The van der Waals surface area contributed by atoms with Crippen molar-refractivity contribution < 1.29 is 0 Å². The first-order chi connectivity index (χ1) is 6.27. The summed E-state index contributed by atoms with van der Waals surface area (Å²) in [6.45, 7) is 0. The molecular formula is C9H12N2OS. The maximum atomic E-state index is 11.5. The third-order valence-electron chi connectivity index (χ3n) is 2.64. The molecule has 0 aliphatic heterocycles. The molecule has 1 heterocycles. The predicted octanol–water partition coefficient (Wildman–Crippen LogP) is 2.09. The quantitative estimate of drug-likeness (QED) is 0.676. The number of rotatable bonds is 1. The lowest BCUT2D eigenvalue weighted by Crippen LogP contribution is -2.15. The minimum Gasteiger partial charge on any atom is -0.338 e. The van der Waals surface area contributed by atoms with Gasteiger partial charge in [-0.05, 0) is 31.0 Å². The summed E-state index contributed by atoms with van der Waals surface area (Å²) in [5.74, 6) is 0.440. The van der Waals surface area contributed by atoms with Crippen molar-refractivity contribution >= 4 is 12.2 Å². The molecule has 0 amide bonds. The van der Waals surface area contributed by atoms with Gasteiger partial charge in [0.15, 0.2) is 4.77 Å². The van der Waals surface area contributed by atoms with Crippen LogP contribution in [0.3, 0.4) is 0 Å². The molecule has 2 N–H and O–H groups in total. The van der Waals surface area contributed by atoms with Gasteiger partial charge in [-0.25, -0.2) is 0 Å². The maximum absolute atomic E-state index is 11.5. The van der Waals surface area contributed by atoms with Crippen LogP contribution < -0.4 is 5.56 Å². The normalized spacial score (nSPS) is 17.8. The summed E-state index contributed by atoms with van der Waals surface area (Å²) in [4.78, 5) is 17.0. The highest BCUT2D eigenvalue weighted by Gasteiger charge is 2.19. The summed E-state index contributed by atoms with van der Waals surface area (Å²) in [6, 6.07) is 0. The molecule has 1 aliphatic rings. The SMILES string of the molecule is O=c1[nH]c(=S)[nH]cc1C1CCCC1. The van der Waals surface area contributed by atoms with E-state index in [0.29, 0.717) is 10.7 Å². The van der Waals surface area contributed by atoms with Crippen LogP contribution in [-0.2, 0) is 0 Å². The van der Waals surface area contributed by atoms with Gasteiger partial charge in [0.05, 0.1) is 0 Å². The zero-order valence-electron chi connectivity index (χ0n) is 7.30. The van der Waals surface area contributed by atoms with Gasteiger partial charge < -0.3 is 4.98 Å². The highest BCUT2D eigenvalue weighted by molar-refractivity contribution is 7.71. The lowest BCUT2D eigenvalue weighted by Gasteiger charge is -2.06. The van der Waals surface area contributed by atoms with Crippen LogP contribution in [0.4, 0.5) is 0 Å². The van der Waals surface area contributed by atoms with E-state index in [0.717, 1.165) is 18.4 Å². The van der Waals surface area contributed by atoms with Crippen molar-refractivity contribution in [3.63, 3.8) is 0 Å². The van der Waals surface area contributed by atoms with E-state index in [9.17, 15) is 4.79 Å². The number of H-pyrrole nitrogens is 2. The summed E-state index contributed by atoms with van der Waals surface area (Å²) in [6.07, 6.45) is 6.50. The van der Waals surface area contributed by atoms with E-state index in [-0.39, 0.29) is 5.56 Å². The first-order valence-corrected chi connectivity index (χ1v) is 5.00. The zero-order valence-corrected chi connectivity index (χ0v) is 8.12. The first kappa shape index (κ1) is 8.69. The molecule has 0 atom stereocenters. The minimum absolute atomic E-state index is 0.0179. The van der Waals surface area contributed by atoms with Gasteiger partial charge in [-0.15, -0.1) is 0 Å². The number of nitrogens with one attached hydrogen (secondary N) is 2. The second-order valence-electron chi connectivity index (χ2n) is 3.51. The standard InChI is InChI=1S/C9H12N2OS/c12-8-7(5-10-9(13)11-8)6-3-1-2-4-6/h5-6H,1-4H2,(H2,10,11,12,13). The molecule has 1 aliphatic carbocycles. The second kappa shape index (κ2) is 3.46. The molecule has 0 spiro atoms. The average Bonchev–Trinajstić information content (AvgIpc) is 2.56. The Balaban J connectivity index is 2.40. The molecule has 70 valence electrons. The third-order valence-corrected chi connectivity index (χ3v) is 2.86. The predicted molar refractivity (Wildman–Crippen MR) is 53.5 cm³/mol. The Labute approximate surface area is 81.2 Å². The van der Waals surface area contributed by atoms with E-state index in [2.05, 4.69) is 9.97 Å². The molecule has 3 nitrogen and oxygen atoms in total. The fourth-order valence-electron chi connectivity index (χ4n) is 1.96. The minimum atomic E-state index is -0.0179. The van der Waals surface area contributed by atoms with Crippen LogP contribution in [0.25, 0.3) is 0 Å². The largest absolute Gasteiger partial charge is 0.338 e. The molecule has 13 heavy (non-hydrogen) atoms. The van der Waals surface area contributed by atoms with Crippen LogP contribution >= 0.6 is 12.2 Å². The topological polar surface area (TPSA) is 48.6 Å². The third kappa shape index (κ3) is 1.72. The smallest absolute Gasteiger partial charge is 0.255 e. The maximum Gasteiger partial charge on any atom is 0.255 e. The molecule has 1 aromatic heterocycles. The van der Waals surface area contributed by atoms with Gasteiger partial charge in [-0.2, -0.15) is 0 Å². The second-order valence-corrected chi connectivity index (χ2v) is 3.92. The van der Waals surface area contributed by atoms with Gasteiger partial charge in [0, 0.05) is 11.8 Å². The van der Waals surface area contributed by atoms with Crippen molar-refractivity contribution in [1.29, 1.82) is 0 Å². The number of hydrogen-bond donors (Lipinski definition) is 2. The van der Waals surface area contributed by atoms with Crippen molar-refractivity contribution in [2.75, 3.05) is 0 Å². The van der Waals surface area contributed by atoms with Crippen LogP contribution in [0.2, 0.25) is 0 Å². The fourth-order valence-corrected chi connectivity index (χ4v) is 2.11. The molecule has 1 fully saturated rings. The summed E-state index contributed by atoms with van der Waals surface area (Å²) >= 11 is 4.82. The van der Waals surface area contributed by atoms with Crippen molar-refractivity contribution in [2.45, 2.75) is 31.6 Å². The summed E-state index contributed by atoms with van der Waals surface area (Å²) in [5, 5.41) is 0. The average molecular weight is 196 g/mol. The van der Waals surface area contributed by atoms with E-state index < -0.39 is 0 Å². The highest BCUT2D eigenvalue weighted by atomic mass is 32.1. The number of aromatic amines is 2. The van der Waals surface area contributed by atoms with Crippen LogP contribution in [-0.4, -0.2) is 9.97 Å². The monoisotopic (exact) mass is 196 g/mol. The van der Waals surface area contributed by atoms with Crippen molar-refractivity contribution in [2.24, 2.45) is 0 Å². The van der Waals surface area contributed by atoms with Gasteiger partial charge in [0.2, 0.25) is 0 Å². The van der Waals surface area contributed by atoms with Crippen LogP contribution in [0, 0.1) is 4.77 Å². The van der Waals surface area contributed by atoms with Gasteiger partial charge in [-0.1, -0.05) is 12.8 Å². The van der Waals surface area contributed by atoms with Crippen LogP contribution in [0.15, 0.2) is 11.0 Å². The lowest BCUT2D eigenvalue weighted by atomic mass is 10.0. The van der Waals surface area contributed by atoms with Crippen molar-refractivity contribution in [3.05, 3.63) is 26.9 Å². The Morgan fingerprint density at radius 2 is 2.08 bits per heavy atom. The number of aromatic nitrogens is 2. The van der Waals surface area contributed by atoms with Crippen LogP contribution in [0.1, 0.15) is 37.2 Å². The van der Waals surface area contributed by atoms with E-state index in [1.165, 1.54) is 12.8 Å². The molecule has 1 aromatic rings. The fraction of sp³-hybridized carbons (Fsp3) is 0.556. The molecule has 0 aromatic carbocycles. The lowest BCUT2D eigenvalue weighted by molar-refractivity contribution is 0.704. The molecule has 0 radical (unpaired) electrons. The summed E-state index contributed by atoms with van der Waals surface area (Å²) < 4.78 is 0.409. The van der Waals surface area contributed by atoms with E-state index >= 15 is 0 Å². The van der Waals surface area contributed by atoms with Gasteiger partial charge in [0.25, 0.3) is 5.56 Å². The highest BCUT2D eigenvalue weighted by Crippen LogP contribution is 2.31. The molecule has 0 bridgehead atoms. The molecule has 2 rings (SSSR count). The Morgan fingerprint density at radius 1 is 1.38 bits per heavy atom. The summed E-state index contributed by atoms with van der Waals surface area (Å²) in [7, 11) is 0. The Bertz CT molecular complexity index is 401. The van der Waals surface area contributed by atoms with Gasteiger partial charge >= 0.3 is 0 Å². The number of hydrogen-bond acceptors (Lipinski definition) is 2. The van der Waals surface area contributed by atoms with Gasteiger partial charge in [-0.3, -0.25) is 9.78 Å². The molecule has 1 saturated carbocycles. The van der Waals surface area contributed by atoms with Crippen molar-refractivity contribution in [3.8, 4) is 0 Å². The molecule has 0 unspecified atom stereocenters. The van der Waals surface area contributed by atoms with Crippen molar-refractivity contribution in [1.82, 2.24) is 9.97 Å². The van der Waals surface area contributed by atoms with Crippen LogP contribution in [0.5, 0.6) is 0 Å². The van der Waals surface area contributed by atoms with E-state index in [1.807, 2.05) is 0 Å². The first-order valence-electron chi connectivity index (χ1n) is 4.59. The Morgan fingerprint density at radius 3 is 2.69 bits per heavy atom. The summed E-state index contributed by atoms with van der Waals surface area (Å²) in [5.41, 5.74) is 0.849. The zero-order chi connectivity index (χ0) is 9.26. The van der Waals surface area contributed by atoms with E-state index in [1.54, 1.807) is 6.20 Å². The molecule has 4 heteroatoms. The Hall–Kier alpha value is -0.900. The van der Waals surface area contributed by atoms with Gasteiger partial charge in [0.1, 0.15) is 0 Å². The molecule has 0 saturated heterocycles. The Kier molecular flexibility index (Phi) is 2.31. The molecular weight excluding hydrogens is 184 g/mol. The van der Waals surface area contributed by atoms with E-state index in [4.69, 9.17) is 12.2 Å².